The van der Waals surface area contributed by atoms with Crippen molar-refractivity contribution in [1.29, 1.82) is 0 Å². The Balaban J connectivity index is 2.36. The number of carbonyl (C=O) groups is 2. The van der Waals surface area contributed by atoms with E-state index in [2.05, 4.69) is 0 Å². The van der Waals surface area contributed by atoms with Gasteiger partial charge in [0.15, 0.2) is 5.78 Å². The van der Waals surface area contributed by atoms with Gasteiger partial charge in [-0.2, -0.15) is 13.2 Å². The van der Waals surface area contributed by atoms with Gasteiger partial charge in [0, 0.05) is 11.1 Å². The Morgan fingerprint density at radius 2 is 1.58 bits per heavy atom. The van der Waals surface area contributed by atoms with Gasteiger partial charge in [0.25, 0.3) is 5.91 Å². The molecule has 2 aromatic rings. The Labute approximate surface area is 137 Å². The number of halogens is 3. The van der Waals surface area contributed by atoms with E-state index in [-0.39, 0.29) is 11.1 Å². The quantitative estimate of drug-likeness (QED) is 0.863. The predicted octanol–water partition coefficient (Wildman–Crippen LogP) is 3.83. The summed E-state index contributed by atoms with van der Waals surface area (Å²) in [6, 6.07) is 11.2. The molecule has 6 heteroatoms. The van der Waals surface area contributed by atoms with E-state index in [1.165, 1.54) is 18.2 Å². The lowest BCUT2D eigenvalue weighted by atomic mass is 9.94. The summed E-state index contributed by atoms with van der Waals surface area (Å²) in [4.78, 5) is 24.8. The number of ketones is 1. The van der Waals surface area contributed by atoms with Crippen molar-refractivity contribution in [2.75, 3.05) is 6.54 Å². The smallest absolute Gasteiger partial charge is 0.343 e. The van der Waals surface area contributed by atoms with Crippen molar-refractivity contribution < 1.29 is 22.8 Å². The maximum atomic E-state index is 12.7. The molecule has 2 rings (SSSR count). The normalized spacial score (nSPS) is 11.2. The van der Waals surface area contributed by atoms with E-state index in [4.69, 9.17) is 0 Å². The van der Waals surface area contributed by atoms with Crippen LogP contribution in [0.15, 0.2) is 42.5 Å². The van der Waals surface area contributed by atoms with Crippen LogP contribution in [-0.2, 0) is 0 Å². The Kier molecular flexibility index (Phi) is 5.07. The molecule has 0 aliphatic rings. The molecule has 0 saturated carbocycles. The molecule has 2 aromatic carbocycles. The fourth-order valence-corrected chi connectivity index (χ4v) is 2.28. The lowest BCUT2D eigenvalue weighted by Gasteiger charge is -2.12. The molecule has 3 nitrogen and oxygen atoms in total. The van der Waals surface area contributed by atoms with Crippen LogP contribution in [0.2, 0.25) is 0 Å². The summed E-state index contributed by atoms with van der Waals surface area (Å²) in [7, 11) is 0. The summed E-state index contributed by atoms with van der Waals surface area (Å²) >= 11 is 0. The average Bonchev–Trinajstić information content (AvgIpc) is 2.53. The molecule has 126 valence electrons. The minimum absolute atomic E-state index is 0.0749. The van der Waals surface area contributed by atoms with E-state index < -0.39 is 24.4 Å². The number of hydrogen-bond acceptors (Lipinski definition) is 2. The van der Waals surface area contributed by atoms with Crippen LogP contribution in [0, 0.1) is 13.8 Å². The summed E-state index contributed by atoms with van der Waals surface area (Å²) < 4.78 is 36.8. The number of alkyl halides is 3. The molecule has 0 atom stereocenters. The van der Waals surface area contributed by atoms with Gasteiger partial charge in [-0.05, 0) is 31.5 Å². The predicted molar refractivity (Wildman–Crippen MR) is 84.2 cm³/mol. The van der Waals surface area contributed by atoms with Crippen LogP contribution >= 0.6 is 0 Å². The molecule has 0 saturated heterocycles. The highest BCUT2D eigenvalue weighted by Crippen LogP contribution is 2.19. The zero-order chi connectivity index (χ0) is 17.9. The van der Waals surface area contributed by atoms with Gasteiger partial charge < -0.3 is 5.32 Å². The molecule has 0 fully saturated rings. The highest BCUT2D eigenvalue weighted by molar-refractivity contribution is 6.15. The first-order chi connectivity index (χ1) is 11.2. The van der Waals surface area contributed by atoms with Crippen molar-refractivity contribution in [3.05, 3.63) is 70.3 Å². The van der Waals surface area contributed by atoms with E-state index in [1.807, 2.05) is 13.0 Å². The molecule has 1 amide bonds. The minimum atomic E-state index is -4.51. The van der Waals surface area contributed by atoms with Gasteiger partial charge in [-0.25, -0.2) is 0 Å². The molecule has 0 unspecified atom stereocenters. The largest absolute Gasteiger partial charge is 0.405 e. The average molecular weight is 335 g/mol. The molecule has 0 radical (unpaired) electrons. The second kappa shape index (κ2) is 6.86. The number of aryl methyl sites for hydroxylation is 2. The van der Waals surface area contributed by atoms with Crippen molar-refractivity contribution in [3.8, 4) is 0 Å². The van der Waals surface area contributed by atoms with Crippen molar-refractivity contribution in [1.82, 2.24) is 5.32 Å². The maximum Gasteiger partial charge on any atom is 0.405 e. The van der Waals surface area contributed by atoms with Gasteiger partial charge in [-0.15, -0.1) is 0 Å². The van der Waals surface area contributed by atoms with Crippen LogP contribution in [0.1, 0.15) is 37.4 Å². The third-order valence-corrected chi connectivity index (χ3v) is 3.50. The van der Waals surface area contributed by atoms with E-state index in [0.29, 0.717) is 5.56 Å². The topological polar surface area (TPSA) is 46.2 Å². The summed E-state index contributed by atoms with van der Waals surface area (Å²) in [6.07, 6.45) is -4.51. The van der Waals surface area contributed by atoms with E-state index in [0.717, 1.165) is 11.1 Å². The van der Waals surface area contributed by atoms with Gasteiger partial charge in [0.2, 0.25) is 0 Å². The van der Waals surface area contributed by atoms with Gasteiger partial charge in [-0.1, -0.05) is 35.9 Å². The molecule has 0 aromatic heterocycles. The minimum Gasteiger partial charge on any atom is -0.343 e. The molecular formula is C18H16F3NO2. The lowest BCUT2D eigenvalue weighted by molar-refractivity contribution is -0.123. The number of rotatable bonds is 4. The second-order valence-corrected chi connectivity index (χ2v) is 5.49. The maximum absolute atomic E-state index is 12.7. The van der Waals surface area contributed by atoms with Crippen molar-refractivity contribution in [2.45, 2.75) is 20.0 Å². The Morgan fingerprint density at radius 1 is 0.958 bits per heavy atom. The first-order valence-electron chi connectivity index (χ1n) is 7.25. The summed E-state index contributed by atoms with van der Waals surface area (Å²) in [5, 5.41) is 1.80. The SMILES string of the molecule is Cc1ccc(C)c(C(=O)c2ccccc2C(=O)NCC(F)(F)F)c1. The number of hydrogen-bond donors (Lipinski definition) is 1. The molecule has 24 heavy (non-hydrogen) atoms. The third kappa shape index (κ3) is 4.22. The van der Waals surface area contributed by atoms with Crippen LogP contribution in [0.5, 0.6) is 0 Å². The standard InChI is InChI=1S/C18H16F3NO2/c1-11-7-8-12(2)15(9-11)16(23)13-5-3-4-6-14(13)17(24)22-10-18(19,20)21/h3-9H,10H2,1-2H3,(H,22,24). The first-order valence-corrected chi connectivity index (χ1v) is 7.25. The molecule has 0 spiro atoms. The monoisotopic (exact) mass is 335 g/mol. The van der Waals surface area contributed by atoms with Crippen LogP contribution in [-0.4, -0.2) is 24.4 Å². The molecule has 0 heterocycles. The van der Waals surface area contributed by atoms with E-state index in [9.17, 15) is 22.8 Å². The Hall–Kier alpha value is -2.63. The van der Waals surface area contributed by atoms with Gasteiger partial charge >= 0.3 is 6.18 Å². The summed E-state index contributed by atoms with van der Waals surface area (Å²) in [5.74, 6) is -1.32. The Morgan fingerprint density at radius 3 is 2.21 bits per heavy atom. The molecule has 1 N–H and O–H groups in total. The van der Waals surface area contributed by atoms with Crippen molar-refractivity contribution >= 4 is 11.7 Å². The van der Waals surface area contributed by atoms with Crippen LogP contribution in [0.3, 0.4) is 0 Å². The van der Waals surface area contributed by atoms with Crippen LogP contribution in [0.25, 0.3) is 0 Å². The molecule has 0 aliphatic heterocycles. The van der Waals surface area contributed by atoms with Gasteiger partial charge in [0.05, 0.1) is 5.56 Å². The van der Waals surface area contributed by atoms with E-state index >= 15 is 0 Å². The van der Waals surface area contributed by atoms with Crippen molar-refractivity contribution in [2.24, 2.45) is 0 Å². The third-order valence-electron chi connectivity index (χ3n) is 3.50. The first kappa shape index (κ1) is 17.7. The zero-order valence-electron chi connectivity index (χ0n) is 13.2. The molecular weight excluding hydrogens is 319 g/mol. The number of amides is 1. The van der Waals surface area contributed by atoms with Crippen LogP contribution < -0.4 is 5.32 Å². The Bertz CT molecular complexity index is 782. The fraction of sp³-hybridized carbons (Fsp3) is 0.222. The molecule has 0 bridgehead atoms. The summed E-state index contributed by atoms with van der Waals surface area (Å²) in [5.41, 5.74) is 2.03. The zero-order valence-corrected chi connectivity index (χ0v) is 13.2. The van der Waals surface area contributed by atoms with E-state index in [1.54, 1.807) is 30.4 Å². The summed E-state index contributed by atoms with van der Waals surface area (Å²) in [6.45, 7) is 2.15. The van der Waals surface area contributed by atoms with Gasteiger partial charge in [0.1, 0.15) is 6.54 Å². The highest BCUT2D eigenvalue weighted by Gasteiger charge is 2.29. The number of nitrogens with one attached hydrogen (secondary N) is 1. The highest BCUT2D eigenvalue weighted by atomic mass is 19.4. The fourth-order valence-electron chi connectivity index (χ4n) is 2.28. The van der Waals surface area contributed by atoms with Gasteiger partial charge in [-0.3, -0.25) is 9.59 Å². The number of carbonyl (C=O) groups excluding carboxylic acids is 2. The second-order valence-electron chi connectivity index (χ2n) is 5.49. The molecule has 0 aliphatic carbocycles. The number of benzene rings is 2. The van der Waals surface area contributed by atoms with Crippen LogP contribution in [0.4, 0.5) is 13.2 Å². The van der Waals surface area contributed by atoms with Crippen molar-refractivity contribution in [3.63, 3.8) is 0 Å². The lowest BCUT2D eigenvalue weighted by Crippen LogP contribution is -2.34.